The molecule has 1 saturated heterocycles. The Kier molecular flexibility index (Phi) is 8.84. The van der Waals surface area contributed by atoms with Crippen LogP contribution in [0.1, 0.15) is 39.0 Å². The van der Waals surface area contributed by atoms with E-state index >= 15 is 0 Å². The minimum absolute atomic E-state index is 0.0761. The fourth-order valence-corrected chi connectivity index (χ4v) is 4.67. The fraction of sp³-hybridized carbons (Fsp3) is 0.333. The van der Waals surface area contributed by atoms with Gasteiger partial charge in [-0.1, -0.05) is 60.2 Å². The van der Waals surface area contributed by atoms with E-state index in [1.54, 1.807) is 4.90 Å². The number of nitrogens with zero attached hydrogens (tertiary/aromatic N) is 2. The number of carbonyl (C=O) groups excluding carboxylic acids is 2. The largest absolute Gasteiger partial charge is 0.416 e. The summed E-state index contributed by atoms with van der Waals surface area (Å²) in [7, 11) is 0. The lowest BCUT2D eigenvalue weighted by molar-refractivity contribution is -0.137. The normalized spacial score (nSPS) is 15.3. The Morgan fingerprint density at radius 3 is 2.32 bits per heavy atom. The molecule has 1 heterocycles. The summed E-state index contributed by atoms with van der Waals surface area (Å²) in [5, 5.41) is 0. The molecule has 0 N–H and O–H groups in total. The first-order chi connectivity index (χ1) is 18.2. The second-order valence-corrected chi connectivity index (χ2v) is 9.55. The molecule has 2 amide bonds. The molecule has 1 fully saturated rings. The number of ether oxygens (including phenoxy) is 1. The minimum Gasteiger partial charge on any atom is -0.375 e. The van der Waals surface area contributed by atoms with Gasteiger partial charge in [-0.15, -0.1) is 0 Å². The van der Waals surface area contributed by atoms with Crippen molar-refractivity contribution in [3.8, 4) is 0 Å². The molecular formula is C30H31F3N2O3. The topological polar surface area (TPSA) is 49.9 Å². The first kappa shape index (κ1) is 27.4. The van der Waals surface area contributed by atoms with Gasteiger partial charge in [0.1, 0.15) is 0 Å². The first-order valence-corrected chi connectivity index (χ1v) is 12.6. The number of carbonyl (C=O) groups is 2. The molecule has 8 heteroatoms. The van der Waals surface area contributed by atoms with Gasteiger partial charge in [0, 0.05) is 31.6 Å². The molecule has 0 aliphatic carbocycles. The summed E-state index contributed by atoms with van der Waals surface area (Å²) in [6.07, 6.45) is -3.73. The van der Waals surface area contributed by atoms with Gasteiger partial charge in [-0.2, -0.15) is 13.2 Å². The quantitative estimate of drug-likeness (QED) is 0.390. The fourth-order valence-electron chi connectivity index (χ4n) is 4.67. The SMILES string of the molecule is Cc1cccc(COC[C@H](Cc2ccccc2)N2CCN(C(=O)c3ccc(C(F)(F)F)cc3)CCC2=O)c1. The van der Waals surface area contributed by atoms with Crippen LogP contribution in [-0.4, -0.2) is 53.9 Å². The van der Waals surface area contributed by atoms with Crippen LogP contribution in [0, 0.1) is 6.92 Å². The minimum atomic E-state index is -4.47. The van der Waals surface area contributed by atoms with Crippen molar-refractivity contribution in [3.05, 3.63) is 107 Å². The summed E-state index contributed by atoms with van der Waals surface area (Å²) in [5.74, 6) is -0.462. The van der Waals surface area contributed by atoms with E-state index in [0.29, 0.717) is 26.2 Å². The summed E-state index contributed by atoms with van der Waals surface area (Å²) in [4.78, 5) is 29.5. The van der Waals surface area contributed by atoms with Crippen LogP contribution in [0.4, 0.5) is 13.2 Å². The molecule has 0 bridgehead atoms. The van der Waals surface area contributed by atoms with E-state index in [1.165, 1.54) is 17.0 Å². The van der Waals surface area contributed by atoms with Gasteiger partial charge in [0.05, 0.1) is 24.8 Å². The van der Waals surface area contributed by atoms with Crippen LogP contribution in [0.5, 0.6) is 0 Å². The summed E-state index contributed by atoms with van der Waals surface area (Å²) in [6.45, 7) is 3.59. The van der Waals surface area contributed by atoms with Gasteiger partial charge in [0.15, 0.2) is 0 Å². The molecule has 1 aliphatic heterocycles. The number of amides is 2. The molecule has 3 aromatic carbocycles. The lowest BCUT2D eigenvalue weighted by atomic mass is 10.0. The molecule has 0 radical (unpaired) electrons. The molecule has 0 aromatic heterocycles. The molecule has 200 valence electrons. The summed E-state index contributed by atoms with van der Waals surface area (Å²) in [5.41, 5.74) is 2.64. The van der Waals surface area contributed by atoms with Crippen LogP contribution in [-0.2, 0) is 28.7 Å². The molecule has 0 spiro atoms. The third kappa shape index (κ3) is 7.22. The second-order valence-electron chi connectivity index (χ2n) is 9.55. The number of hydrogen-bond donors (Lipinski definition) is 0. The summed E-state index contributed by atoms with van der Waals surface area (Å²) in [6, 6.07) is 21.9. The molecule has 4 rings (SSSR count). The predicted octanol–water partition coefficient (Wildman–Crippen LogP) is 5.52. The predicted molar refractivity (Wildman–Crippen MR) is 138 cm³/mol. The zero-order valence-electron chi connectivity index (χ0n) is 21.3. The monoisotopic (exact) mass is 524 g/mol. The van der Waals surface area contributed by atoms with Gasteiger partial charge < -0.3 is 14.5 Å². The maximum Gasteiger partial charge on any atom is 0.416 e. The van der Waals surface area contributed by atoms with E-state index in [9.17, 15) is 22.8 Å². The Bertz CT molecular complexity index is 1230. The van der Waals surface area contributed by atoms with E-state index in [2.05, 4.69) is 6.07 Å². The number of aryl methyl sites for hydroxylation is 1. The second kappa shape index (κ2) is 12.3. The average molecular weight is 525 g/mol. The average Bonchev–Trinajstić information content (AvgIpc) is 3.09. The van der Waals surface area contributed by atoms with Crippen molar-refractivity contribution in [3.63, 3.8) is 0 Å². The van der Waals surface area contributed by atoms with Crippen molar-refractivity contribution >= 4 is 11.8 Å². The van der Waals surface area contributed by atoms with E-state index in [1.807, 2.05) is 55.5 Å². The van der Waals surface area contributed by atoms with Crippen molar-refractivity contribution in [2.75, 3.05) is 26.2 Å². The van der Waals surface area contributed by atoms with Crippen LogP contribution in [0.25, 0.3) is 0 Å². The molecule has 0 saturated carbocycles. The number of rotatable bonds is 8. The number of hydrogen-bond acceptors (Lipinski definition) is 3. The Labute approximate surface area is 220 Å². The highest BCUT2D eigenvalue weighted by Crippen LogP contribution is 2.29. The Balaban J connectivity index is 1.44. The van der Waals surface area contributed by atoms with Crippen molar-refractivity contribution in [1.82, 2.24) is 9.80 Å². The Morgan fingerprint density at radius 2 is 1.63 bits per heavy atom. The van der Waals surface area contributed by atoms with Crippen LogP contribution in [0.3, 0.4) is 0 Å². The van der Waals surface area contributed by atoms with Gasteiger partial charge in [0.2, 0.25) is 5.91 Å². The first-order valence-electron chi connectivity index (χ1n) is 12.6. The van der Waals surface area contributed by atoms with E-state index in [4.69, 9.17) is 4.74 Å². The van der Waals surface area contributed by atoms with E-state index in [0.717, 1.165) is 28.8 Å². The van der Waals surface area contributed by atoms with E-state index < -0.39 is 11.7 Å². The van der Waals surface area contributed by atoms with Gasteiger partial charge in [-0.25, -0.2) is 0 Å². The van der Waals surface area contributed by atoms with Crippen molar-refractivity contribution in [2.45, 2.75) is 38.6 Å². The maximum absolute atomic E-state index is 13.2. The summed E-state index contributed by atoms with van der Waals surface area (Å²) < 4.78 is 44.8. The van der Waals surface area contributed by atoms with Crippen LogP contribution >= 0.6 is 0 Å². The number of benzene rings is 3. The van der Waals surface area contributed by atoms with Crippen molar-refractivity contribution in [2.24, 2.45) is 0 Å². The molecular weight excluding hydrogens is 493 g/mol. The number of halogens is 3. The smallest absolute Gasteiger partial charge is 0.375 e. The molecule has 3 aromatic rings. The van der Waals surface area contributed by atoms with Crippen LogP contribution in [0.2, 0.25) is 0 Å². The van der Waals surface area contributed by atoms with E-state index in [-0.39, 0.29) is 42.9 Å². The number of alkyl halides is 3. The van der Waals surface area contributed by atoms with Crippen molar-refractivity contribution in [1.29, 1.82) is 0 Å². The maximum atomic E-state index is 13.2. The lowest BCUT2D eigenvalue weighted by Gasteiger charge is -2.31. The zero-order valence-corrected chi connectivity index (χ0v) is 21.3. The standard InChI is InChI=1S/C30H31F3N2O3/c1-22-6-5-9-24(18-22)20-38-21-27(19-23-7-3-2-4-8-23)35-17-16-34(15-14-28(35)36)29(37)25-10-12-26(13-11-25)30(31,32)33/h2-13,18,27H,14-17,19-21H2,1H3/t27-/m0/s1. The Hall–Kier alpha value is -3.65. The lowest BCUT2D eigenvalue weighted by Crippen LogP contribution is -2.45. The highest BCUT2D eigenvalue weighted by Gasteiger charge is 2.32. The molecule has 38 heavy (non-hydrogen) atoms. The molecule has 0 unspecified atom stereocenters. The summed E-state index contributed by atoms with van der Waals surface area (Å²) >= 11 is 0. The van der Waals surface area contributed by atoms with Gasteiger partial charge in [-0.3, -0.25) is 9.59 Å². The van der Waals surface area contributed by atoms with Crippen LogP contribution in [0.15, 0.2) is 78.9 Å². The highest BCUT2D eigenvalue weighted by atomic mass is 19.4. The van der Waals surface area contributed by atoms with Crippen LogP contribution < -0.4 is 0 Å². The van der Waals surface area contributed by atoms with Gasteiger partial charge in [-0.05, 0) is 48.7 Å². The molecule has 5 nitrogen and oxygen atoms in total. The molecule has 1 aliphatic rings. The highest BCUT2D eigenvalue weighted by molar-refractivity contribution is 5.94. The Morgan fingerprint density at radius 1 is 0.921 bits per heavy atom. The molecule has 1 atom stereocenters. The third-order valence-corrected chi connectivity index (χ3v) is 6.69. The van der Waals surface area contributed by atoms with Gasteiger partial charge in [0.25, 0.3) is 5.91 Å². The third-order valence-electron chi connectivity index (χ3n) is 6.69. The van der Waals surface area contributed by atoms with Gasteiger partial charge >= 0.3 is 6.18 Å². The van der Waals surface area contributed by atoms with Crippen molar-refractivity contribution < 1.29 is 27.5 Å². The zero-order chi connectivity index (χ0) is 27.1.